The minimum absolute atomic E-state index is 0.392. The van der Waals surface area contributed by atoms with Crippen molar-refractivity contribution in [3.8, 4) is 11.3 Å². The molecule has 0 unspecified atom stereocenters. The van der Waals surface area contributed by atoms with Crippen LogP contribution in [0.3, 0.4) is 0 Å². The van der Waals surface area contributed by atoms with Gasteiger partial charge in [0.05, 0.1) is 17.5 Å². The van der Waals surface area contributed by atoms with Crippen LogP contribution in [0.25, 0.3) is 11.3 Å². The summed E-state index contributed by atoms with van der Waals surface area (Å²) in [5.41, 5.74) is 5.46. The lowest BCUT2D eigenvalue weighted by atomic mass is 9.90. The molecule has 1 aliphatic carbocycles. The second kappa shape index (κ2) is 4.54. The van der Waals surface area contributed by atoms with Crippen molar-refractivity contribution in [2.75, 3.05) is 0 Å². The van der Waals surface area contributed by atoms with Gasteiger partial charge in [0, 0.05) is 5.56 Å². The molecule has 2 heteroatoms. The minimum atomic E-state index is -0.392. The number of aromatic nitrogens is 1. The summed E-state index contributed by atoms with van der Waals surface area (Å²) >= 11 is 0. The maximum absolute atomic E-state index is 10.1. The molecule has 1 aliphatic rings. The first-order valence-corrected chi connectivity index (χ1v) is 6.49. The molecule has 3 rings (SSSR count). The van der Waals surface area contributed by atoms with Gasteiger partial charge in [-0.1, -0.05) is 30.3 Å². The van der Waals surface area contributed by atoms with E-state index in [1.807, 2.05) is 18.2 Å². The number of aliphatic hydroxyl groups excluding tert-OH is 1. The second-order valence-electron chi connectivity index (χ2n) is 4.96. The highest BCUT2D eigenvalue weighted by Gasteiger charge is 2.21. The van der Waals surface area contributed by atoms with E-state index >= 15 is 0 Å². The van der Waals surface area contributed by atoms with Gasteiger partial charge in [-0.3, -0.25) is 0 Å². The fourth-order valence-corrected chi connectivity index (χ4v) is 2.69. The largest absolute Gasteiger partial charge is 0.387 e. The molecule has 1 aromatic heterocycles. The van der Waals surface area contributed by atoms with Crippen LogP contribution < -0.4 is 0 Å². The van der Waals surface area contributed by atoms with E-state index in [1.54, 1.807) is 0 Å². The van der Waals surface area contributed by atoms with E-state index in [-0.39, 0.29) is 0 Å². The molecule has 0 fully saturated rings. The van der Waals surface area contributed by atoms with E-state index in [9.17, 15) is 5.11 Å². The topological polar surface area (TPSA) is 33.1 Å². The quantitative estimate of drug-likeness (QED) is 0.827. The summed E-state index contributed by atoms with van der Waals surface area (Å²) in [6.45, 7) is 2.12. The number of benzene rings is 1. The predicted molar refractivity (Wildman–Crippen MR) is 72.3 cm³/mol. The minimum Gasteiger partial charge on any atom is -0.387 e. The Morgan fingerprint density at radius 3 is 2.78 bits per heavy atom. The Kier molecular flexibility index (Phi) is 2.88. The zero-order chi connectivity index (χ0) is 12.5. The molecule has 0 saturated heterocycles. The SMILES string of the molecule is Cc1cc(-c2ccccc2)nc2c1CCC[C@H]2O. The number of hydrogen-bond donors (Lipinski definition) is 1. The summed E-state index contributed by atoms with van der Waals surface area (Å²) in [5.74, 6) is 0. The summed E-state index contributed by atoms with van der Waals surface area (Å²) in [4.78, 5) is 4.68. The zero-order valence-electron chi connectivity index (χ0n) is 10.6. The van der Waals surface area contributed by atoms with E-state index in [0.29, 0.717) is 0 Å². The first-order valence-electron chi connectivity index (χ1n) is 6.49. The molecule has 1 heterocycles. The molecule has 18 heavy (non-hydrogen) atoms. The first kappa shape index (κ1) is 11.4. The lowest BCUT2D eigenvalue weighted by molar-refractivity contribution is 0.151. The third kappa shape index (κ3) is 1.93. The van der Waals surface area contributed by atoms with Crippen LogP contribution >= 0.6 is 0 Å². The highest BCUT2D eigenvalue weighted by Crippen LogP contribution is 2.32. The summed E-state index contributed by atoms with van der Waals surface area (Å²) in [5, 5.41) is 10.1. The maximum Gasteiger partial charge on any atom is 0.0963 e. The second-order valence-corrected chi connectivity index (χ2v) is 4.96. The summed E-state index contributed by atoms with van der Waals surface area (Å²) < 4.78 is 0. The van der Waals surface area contributed by atoms with Crippen LogP contribution in [0.2, 0.25) is 0 Å². The highest BCUT2D eigenvalue weighted by atomic mass is 16.3. The van der Waals surface area contributed by atoms with Crippen molar-refractivity contribution in [2.24, 2.45) is 0 Å². The Labute approximate surface area is 107 Å². The van der Waals surface area contributed by atoms with Gasteiger partial charge in [0.25, 0.3) is 0 Å². The number of pyridine rings is 1. The van der Waals surface area contributed by atoms with Crippen LogP contribution in [0, 0.1) is 6.92 Å². The highest BCUT2D eigenvalue weighted by molar-refractivity contribution is 5.61. The molecular weight excluding hydrogens is 222 g/mol. The fraction of sp³-hybridized carbons (Fsp3) is 0.312. The van der Waals surface area contributed by atoms with Gasteiger partial charge in [-0.25, -0.2) is 4.98 Å². The Bertz CT molecular complexity index is 563. The Morgan fingerprint density at radius 2 is 2.00 bits per heavy atom. The maximum atomic E-state index is 10.1. The number of fused-ring (bicyclic) bond motifs is 1. The lowest BCUT2D eigenvalue weighted by Gasteiger charge is -2.23. The van der Waals surface area contributed by atoms with Crippen LogP contribution in [0.15, 0.2) is 36.4 Å². The molecule has 92 valence electrons. The summed E-state index contributed by atoms with van der Waals surface area (Å²) in [7, 11) is 0. The summed E-state index contributed by atoms with van der Waals surface area (Å²) in [6.07, 6.45) is 2.54. The van der Waals surface area contributed by atoms with Crippen LogP contribution in [0.4, 0.5) is 0 Å². The molecule has 2 aromatic rings. The average molecular weight is 239 g/mol. The Morgan fingerprint density at radius 1 is 1.22 bits per heavy atom. The molecule has 0 bridgehead atoms. The van der Waals surface area contributed by atoms with Crippen LogP contribution in [-0.4, -0.2) is 10.1 Å². The first-order chi connectivity index (χ1) is 8.75. The lowest BCUT2D eigenvalue weighted by Crippen LogP contribution is -2.13. The van der Waals surface area contributed by atoms with Gasteiger partial charge in [-0.2, -0.15) is 0 Å². The Balaban J connectivity index is 2.14. The van der Waals surface area contributed by atoms with Crippen molar-refractivity contribution in [3.63, 3.8) is 0 Å². The fourth-order valence-electron chi connectivity index (χ4n) is 2.69. The molecule has 0 saturated carbocycles. The molecule has 0 radical (unpaired) electrons. The molecule has 2 nitrogen and oxygen atoms in total. The molecule has 0 spiro atoms. The van der Waals surface area contributed by atoms with Crippen LogP contribution in [-0.2, 0) is 6.42 Å². The smallest absolute Gasteiger partial charge is 0.0963 e. The van der Waals surface area contributed by atoms with E-state index in [1.165, 1.54) is 11.1 Å². The van der Waals surface area contributed by atoms with E-state index in [4.69, 9.17) is 0 Å². The standard InChI is InChI=1S/C16H17NO/c1-11-10-14(12-6-3-2-4-7-12)17-16-13(11)8-5-9-15(16)18/h2-4,6-7,10,15,18H,5,8-9H2,1H3/t15-/m1/s1. The van der Waals surface area contributed by atoms with Crippen molar-refractivity contribution < 1.29 is 5.11 Å². The van der Waals surface area contributed by atoms with E-state index in [0.717, 1.165) is 36.2 Å². The van der Waals surface area contributed by atoms with Gasteiger partial charge >= 0.3 is 0 Å². The average Bonchev–Trinajstić information content (AvgIpc) is 2.41. The van der Waals surface area contributed by atoms with Crippen LogP contribution in [0.5, 0.6) is 0 Å². The van der Waals surface area contributed by atoms with Gasteiger partial charge in [-0.05, 0) is 43.4 Å². The van der Waals surface area contributed by atoms with Gasteiger partial charge in [0.2, 0.25) is 0 Å². The predicted octanol–water partition coefficient (Wildman–Crippen LogP) is 3.43. The van der Waals surface area contributed by atoms with Crippen molar-refractivity contribution >= 4 is 0 Å². The number of nitrogens with zero attached hydrogens (tertiary/aromatic N) is 1. The molecule has 1 atom stereocenters. The van der Waals surface area contributed by atoms with E-state index in [2.05, 4.69) is 30.1 Å². The van der Waals surface area contributed by atoms with E-state index < -0.39 is 6.10 Å². The monoisotopic (exact) mass is 239 g/mol. The number of aliphatic hydroxyl groups is 1. The molecule has 1 N–H and O–H groups in total. The van der Waals surface area contributed by atoms with Gasteiger partial charge in [0.15, 0.2) is 0 Å². The zero-order valence-corrected chi connectivity index (χ0v) is 10.6. The van der Waals surface area contributed by atoms with Crippen molar-refractivity contribution in [2.45, 2.75) is 32.3 Å². The molecular formula is C16H17NO. The molecule has 0 amide bonds. The van der Waals surface area contributed by atoms with Gasteiger partial charge in [0.1, 0.15) is 0 Å². The van der Waals surface area contributed by atoms with Crippen LogP contribution in [0.1, 0.15) is 35.8 Å². The van der Waals surface area contributed by atoms with Gasteiger partial charge < -0.3 is 5.11 Å². The van der Waals surface area contributed by atoms with Crippen molar-refractivity contribution in [1.29, 1.82) is 0 Å². The molecule has 1 aromatic carbocycles. The van der Waals surface area contributed by atoms with Crippen molar-refractivity contribution in [1.82, 2.24) is 4.98 Å². The number of hydrogen-bond acceptors (Lipinski definition) is 2. The third-order valence-corrected chi connectivity index (χ3v) is 3.67. The Hall–Kier alpha value is -1.67. The molecule has 0 aliphatic heterocycles. The number of rotatable bonds is 1. The number of aryl methyl sites for hydroxylation is 1. The van der Waals surface area contributed by atoms with Crippen molar-refractivity contribution in [3.05, 3.63) is 53.2 Å². The summed E-state index contributed by atoms with van der Waals surface area (Å²) in [6, 6.07) is 12.3. The third-order valence-electron chi connectivity index (χ3n) is 3.67. The van der Waals surface area contributed by atoms with Gasteiger partial charge in [-0.15, -0.1) is 0 Å². The normalized spacial score (nSPS) is 18.4.